The van der Waals surface area contributed by atoms with Crippen LogP contribution in [0.25, 0.3) is 0 Å². The van der Waals surface area contributed by atoms with Gasteiger partial charge in [0.1, 0.15) is 0 Å². The average Bonchev–Trinajstić information content (AvgIpc) is 2.97. The highest BCUT2D eigenvalue weighted by molar-refractivity contribution is 6.00. The van der Waals surface area contributed by atoms with Crippen LogP contribution in [0, 0.1) is 18.8 Å². The van der Waals surface area contributed by atoms with E-state index in [1.165, 1.54) is 12.8 Å². The Kier molecular flexibility index (Phi) is 6.83. The van der Waals surface area contributed by atoms with E-state index < -0.39 is 0 Å². The third kappa shape index (κ3) is 4.59. The molecule has 1 aromatic rings. The maximum absolute atomic E-state index is 12.5. The van der Waals surface area contributed by atoms with Crippen LogP contribution in [0.15, 0.2) is 24.3 Å². The van der Waals surface area contributed by atoms with Gasteiger partial charge in [0.2, 0.25) is 11.8 Å². The van der Waals surface area contributed by atoms with Gasteiger partial charge in [-0.25, -0.2) is 0 Å². The van der Waals surface area contributed by atoms with Gasteiger partial charge in [-0.1, -0.05) is 51.3 Å². The second-order valence-corrected chi connectivity index (χ2v) is 6.85. The zero-order chi connectivity index (χ0) is 17.5. The lowest BCUT2D eigenvalue weighted by Crippen LogP contribution is -2.36. The molecule has 0 saturated carbocycles. The van der Waals surface area contributed by atoms with Gasteiger partial charge in [-0.3, -0.25) is 9.59 Å². The summed E-state index contributed by atoms with van der Waals surface area (Å²) >= 11 is 0. The third-order valence-corrected chi connectivity index (χ3v) is 5.01. The number of carbonyl (C=O) groups excluding carboxylic acids is 2. The van der Waals surface area contributed by atoms with E-state index in [0.29, 0.717) is 18.9 Å². The molecule has 4 nitrogen and oxygen atoms in total. The normalized spacial score (nSPS) is 18.7. The van der Waals surface area contributed by atoms with Gasteiger partial charge in [0.05, 0.1) is 5.92 Å². The van der Waals surface area contributed by atoms with E-state index in [9.17, 15) is 9.59 Å². The summed E-state index contributed by atoms with van der Waals surface area (Å²) in [5, 5.41) is 3.07. The van der Waals surface area contributed by atoms with Crippen molar-refractivity contribution in [3.8, 4) is 0 Å². The smallest absolute Gasteiger partial charge is 0.227 e. The number of amides is 2. The standard InChI is InChI=1S/C20H30N2O2/c1-4-6-10-16(5-2)13-21-20(24)17-12-19(23)22(14-17)18-11-8-7-9-15(18)3/h7-9,11,16-17H,4-6,10,12-14H2,1-3H3,(H,21,24)/t16-,17+/m1/s1. The first kappa shape index (κ1) is 18.5. The maximum atomic E-state index is 12.5. The van der Waals surface area contributed by atoms with Crippen molar-refractivity contribution in [2.24, 2.45) is 11.8 Å². The Morgan fingerprint density at radius 1 is 1.33 bits per heavy atom. The monoisotopic (exact) mass is 330 g/mol. The van der Waals surface area contributed by atoms with E-state index in [-0.39, 0.29) is 17.7 Å². The van der Waals surface area contributed by atoms with Crippen LogP contribution < -0.4 is 10.2 Å². The van der Waals surface area contributed by atoms with Gasteiger partial charge in [-0.15, -0.1) is 0 Å². The van der Waals surface area contributed by atoms with Crippen molar-refractivity contribution in [3.05, 3.63) is 29.8 Å². The number of rotatable bonds is 8. The third-order valence-electron chi connectivity index (χ3n) is 5.01. The first-order chi connectivity index (χ1) is 11.6. The van der Waals surface area contributed by atoms with E-state index in [4.69, 9.17) is 0 Å². The molecule has 1 saturated heterocycles. The van der Waals surface area contributed by atoms with Crippen molar-refractivity contribution in [1.82, 2.24) is 5.32 Å². The molecule has 2 rings (SSSR count). The zero-order valence-electron chi connectivity index (χ0n) is 15.2. The quantitative estimate of drug-likeness (QED) is 0.790. The Morgan fingerprint density at radius 2 is 2.08 bits per heavy atom. The first-order valence-electron chi connectivity index (χ1n) is 9.20. The van der Waals surface area contributed by atoms with Crippen LogP contribution in [-0.4, -0.2) is 24.9 Å². The van der Waals surface area contributed by atoms with E-state index in [1.807, 2.05) is 31.2 Å². The van der Waals surface area contributed by atoms with E-state index >= 15 is 0 Å². The summed E-state index contributed by atoms with van der Waals surface area (Å²) in [5.74, 6) is 0.371. The van der Waals surface area contributed by atoms with Crippen molar-refractivity contribution in [1.29, 1.82) is 0 Å². The van der Waals surface area contributed by atoms with Crippen LogP contribution in [0.5, 0.6) is 0 Å². The Morgan fingerprint density at radius 3 is 2.75 bits per heavy atom. The molecule has 1 aliphatic rings. The van der Waals surface area contributed by atoms with Gasteiger partial charge in [0, 0.05) is 25.2 Å². The molecule has 0 aromatic heterocycles. The van der Waals surface area contributed by atoms with Gasteiger partial charge < -0.3 is 10.2 Å². The van der Waals surface area contributed by atoms with Crippen LogP contribution in [0.3, 0.4) is 0 Å². The number of para-hydroxylation sites is 1. The molecule has 1 N–H and O–H groups in total. The highest BCUT2D eigenvalue weighted by Crippen LogP contribution is 2.27. The number of benzene rings is 1. The molecule has 1 aliphatic heterocycles. The molecule has 1 fully saturated rings. The van der Waals surface area contributed by atoms with Gasteiger partial charge in [-0.05, 0) is 30.9 Å². The molecule has 4 heteroatoms. The molecule has 2 atom stereocenters. The highest BCUT2D eigenvalue weighted by atomic mass is 16.2. The maximum Gasteiger partial charge on any atom is 0.227 e. The van der Waals surface area contributed by atoms with Crippen LogP contribution in [0.1, 0.15) is 51.5 Å². The van der Waals surface area contributed by atoms with Gasteiger partial charge in [0.25, 0.3) is 0 Å². The molecule has 1 aromatic carbocycles. The minimum Gasteiger partial charge on any atom is -0.356 e. The van der Waals surface area contributed by atoms with Gasteiger partial charge >= 0.3 is 0 Å². The van der Waals surface area contributed by atoms with Crippen molar-refractivity contribution >= 4 is 17.5 Å². The van der Waals surface area contributed by atoms with Crippen LogP contribution >= 0.6 is 0 Å². The lowest BCUT2D eigenvalue weighted by molar-refractivity contribution is -0.126. The number of carbonyl (C=O) groups is 2. The van der Waals surface area contributed by atoms with Crippen LogP contribution in [0.4, 0.5) is 5.69 Å². The van der Waals surface area contributed by atoms with Gasteiger partial charge in [0.15, 0.2) is 0 Å². The molecule has 0 aliphatic carbocycles. The Labute approximate surface area is 145 Å². The number of hydrogen-bond donors (Lipinski definition) is 1. The van der Waals surface area contributed by atoms with E-state index in [0.717, 1.165) is 30.6 Å². The second kappa shape index (κ2) is 8.86. The summed E-state index contributed by atoms with van der Waals surface area (Å²) in [4.78, 5) is 26.5. The summed E-state index contributed by atoms with van der Waals surface area (Å²) in [7, 11) is 0. The number of aryl methyl sites for hydroxylation is 1. The van der Waals surface area contributed by atoms with E-state index in [1.54, 1.807) is 4.90 Å². The summed E-state index contributed by atoms with van der Waals surface area (Å²) < 4.78 is 0. The summed E-state index contributed by atoms with van der Waals surface area (Å²) in [5.41, 5.74) is 1.99. The van der Waals surface area contributed by atoms with Crippen molar-refractivity contribution in [2.75, 3.05) is 18.0 Å². The predicted octanol–water partition coefficient (Wildman–Crippen LogP) is 3.68. The molecular formula is C20H30N2O2. The summed E-state index contributed by atoms with van der Waals surface area (Å²) in [6, 6.07) is 7.84. The molecule has 132 valence electrons. The molecule has 1 heterocycles. The van der Waals surface area contributed by atoms with E-state index in [2.05, 4.69) is 19.2 Å². The van der Waals surface area contributed by atoms with Crippen molar-refractivity contribution < 1.29 is 9.59 Å². The molecule has 0 unspecified atom stereocenters. The molecular weight excluding hydrogens is 300 g/mol. The molecule has 2 amide bonds. The summed E-state index contributed by atoms with van der Waals surface area (Å²) in [6.45, 7) is 7.57. The zero-order valence-corrected chi connectivity index (χ0v) is 15.2. The Bertz CT molecular complexity index is 571. The lowest BCUT2D eigenvalue weighted by Gasteiger charge is -2.19. The predicted molar refractivity (Wildman–Crippen MR) is 98.0 cm³/mol. The topological polar surface area (TPSA) is 49.4 Å². The average molecular weight is 330 g/mol. The van der Waals surface area contributed by atoms with Crippen LogP contribution in [0.2, 0.25) is 0 Å². The fourth-order valence-corrected chi connectivity index (χ4v) is 3.31. The fourth-order valence-electron chi connectivity index (χ4n) is 3.31. The fraction of sp³-hybridized carbons (Fsp3) is 0.600. The number of nitrogens with zero attached hydrogens (tertiary/aromatic N) is 1. The molecule has 24 heavy (non-hydrogen) atoms. The SMILES string of the molecule is CCCC[C@@H](CC)CNC(=O)[C@H]1CC(=O)N(c2ccccc2C)C1. The van der Waals surface area contributed by atoms with Crippen molar-refractivity contribution in [3.63, 3.8) is 0 Å². The number of unbranched alkanes of at least 4 members (excludes halogenated alkanes) is 1. The molecule has 0 spiro atoms. The minimum absolute atomic E-state index is 0.0226. The largest absolute Gasteiger partial charge is 0.356 e. The number of anilines is 1. The highest BCUT2D eigenvalue weighted by Gasteiger charge is 2.35. The molecule has 0 radical (unpaired) electrons. The Balaban J connectivity index is 1.90. The number of nitrogens with one attached hydrogen (secondary N) is 1. The first-order valence-corrected chi connectivity index (χ1v) is 9.20. The summed E-state index contributed by atoms with van der Waals surface area (Å²) in [6.07, 6.45) is 4.95. The molecule has 0 bridgehead atoms. The van der Waals surface area contributed by atoms with Gasteiger partial charge in [-0.2, -0.15) is 0 Å². The Hall–Kier alpha value is -1.84. The van der Waals surface area contributed by atoms with Crippen LogP contribution in [-0.2, 0) is 9.59 Å². The van der Waals surface area contributed by atoms with Crippen molar-refractivity contribution in [2.45, 2.75) is 52.9 Å². The second-order valence-electron chi connectivity index (χ2n) is 6.85. The lowest BCUT2D eigenvalue weighted by atomic mass is 9.99. The minimum atomic E-state index is -0.235. The number of hydrogen-bond acceptors (Lipinski definition) is 2.